The van der Waals surface area contributed by atoms with Gasteiger partial charge in [0, 0.05) is 0 Å². The lowest BCUT2D eigenvalue weighted by atomic mass is 9.98. The molecule has 0 amide bonds. The summed E-state index contributed by atoms with van der Waals surface area (Å²) in [4.78, 5) is 0. The summed E-state index contributed by atoms with van der Waals surface area (Å²) in [5.74, 6) is -0.895. The van der Waals surface area contributed by atoms with Crippen molar-refractivity contribution in [1.29, 1.82) is 0 Å². The molecule has 4 heteroatoms. The van der Waals surface area contributed by atoms with Gasteiger partial charge in [0.15, 0.2) is 0 Å². The van der Waals surface area contributed by atoms with Gasteiger partial charge in [0.05, 0.1) is 10.0 Å². The maximum atomic E-state index is 14.0. The predicted molar refractivity (Wildman–Crippen MR) is 76.5 cm³/mol. The van der Waals surface area contributed by atoms with Crippen molar-refractivity contribution in [2.75, 3.05) is 0 Å². The standard InChI is InChI=1S/C16H13BrF2O/c17-12-7-8-13(18)14(15(12)19)16(20)11-5-3-10(4-6-11)9-1-2-9/h3-9,16,20H,1-2H2. The Hall–Kier alpha value is -1.26. The molecule has 1 saturated carbocycles. The molecule has 1 aliphatic rings. The molecular formula is C16H13BrF2O. The van der Waals surface area contributed by atoms with Crippen molar-refractivity contribution in [2.24, 2.45) is 0 Å². The first kappa shape index (κ1) is 13.7. The van der Waals surface area contributed by atoms with Crippen LogP contribution in [0.2, 0.25) is 0 Å². The van der Waals surface area contributed by atoms with Gasteiger partial charge in [-0.05, 0) is 57.9 Å². The molecule has 0 saturated heterocycles. The van der Waals surface area contributed by atoms with E-state index in [0.717, 1.165) is 6.07 Å². The first-order valence-electron chi connectivity index (χ1n) is 6.49. The minimum Gasteiger partial charge on any atom is -0.383 e. The lowest BCUT2D eigenvalue weighted by Crippen LogP contribution is -2.06. The Bertz CT molecular complexity index is 636. The molecule has 0 heterocycles. The molecule has 1 N–H and O–H groups in total. The van der Waals surface area contributed by atoms with Crippen molar-refractivity contribution in [2.45, 2.75) is 24.9 Å². The van der Waals surface area contributed by atoms with Crippen LogP contribution in [-0.4, -0.2) is 5.11 Å². The number of rotatable bonds is 3. The van der Waals surface area contributed by atoms with Gasteiger partial charge < -0.3 is 5.11 Å². The van der Waals surface area contributed by atoms with E-state index in [1.807, 2.05) is 12.1 Å². The number of hydrogen-bond acceptors (Lipinski definition) is 1. The summed E-state index contributed by atoms with van der Waals surface area (Å²) in [6, 6.07) is 9.74. The minimum atomic E-state index is -1.30. The first-order valence-corrected chi connectivity index (χ1v) is 7.28. The lowest BCUT2D eigenvalue weighted by molar-refractivity contribution is 0.209. The Labute approximate surface area is 124 Å². The summed E-state index contributed by atoms with van der Waals surface area (Å²) in [7, 11) is 0. The van der Waals surface area contributed by atoms with Crippen LogP contribution in [-0.2, 0) is 0 Å². The van der Waals surface area contributed by atoms with Gasteiger partial charge in [-0.25, -0.2) is 8.78 Å². The number of halogens is 3. The molecule has 1 nitrogen and oxygen atoms in total. The molecule has 0 aliphatic heterocycles. The Balaban J connectivity index is 1.95. The van der Waals surface area contributed by atoms with Gasteiger partial charge >= 0.3 is 0 Å². The van der Waals surface area contributed by atoms with Crippen molar-refractivity contribution in [3.63, 3.8) is 0 Å². The van der Waals surface area contributed by atoms with E-state index in [-0.39, 0.29) is 10.0 Å². The van der Waals surface area contributed by atoms with Crippen LogP contribution in [0.1, 0.15) is 41.6 Å². The van der Waals surface area contributed by atoms with Gasteiger partial charge in [0.25, 0.3) is 0 Å². The van der Waals surface area contributed by atoms with Crippen LogP contribution in [0.25, 0.3) is 0 Å². The van der Waals surface area contributed by atoms with Crippen molar-refractivity contribution >= 4 is 15.9 Å². The first-order chi connectivity index (χ1) is 9.58. The molecule has 0 bridgehead atoms. The molecule has 0 aromatic heterocycles. The number of aliphatic hydroxyl groups is 1. The van der Waals surface area contributed by atoms with Crippen molar-refractivity contribution in [1.82, 2.24) is 0 Å². The molecule has 1 unspecified atom stereocenters. The Morgan fingerprint density at radius 3 is 2.30 bits per heavy atom. The van der Waals surface area contributed by atoms with Crippen LogP contribution in [0.3, 0.4) is 0 Å². The third kappa shape index (κ3) is 2.50. The molecule has 0 spiro atoms. The highest BCUT2D eigenvalue weighted by Crippen LogP contribution is 2.40. The van der Waals surface area contributed by atoms with E-state index in [2.05, 4.69) is 15.9 Å². The third-order valence-electron chi connectivity index (χ3n) is 3.65. The van der Waals surface area contributed by atoms with Crippen molar-refractivity contribution in [3.8, 4) is 0 Å². The highest BCUT2D eigenvalue weighted by atomic mass is 79.9. The molecule has 0 radical (unpaired) electrons. The number of hydrogen-bond donors (Lipinski definition) is 1. The van der Waals surface area contributed by atoms with Crippen LogP contribution in [0.4, 0.5) is 8.78 Å². The van der Waals surface area contributed by atoms with E-state index >= 15 is 0 Å². The van der Waals surface area contributed by atoms with E-state index in [1.54, 1.807) is 12.1 Å². The monoisotopic (exact) mass is 338 g/mol. The second-order valence-electron chi connectivity index (χ2n) is 5.10. The average Bonchev–Trinajstić information content (AvgIpc) is 3.28. The smallest absolute Gasteiger partial charge is 0.146 e. The van der Waals surface area contributed by atoms with Gasteiger partial charge in [-0.1, -0.05) is 24.3 Å². The Kier molecular flexibility index (Phi) is 3.61. The largest absolute Gasteiger partial charge is 0.383 e. The fourth-order valence-corrected chi connectivity index (χ4v) is 2.67. The van der Waals surface area contributed by atoms with Crippen LogP contribution < -0.4 is 0 Å². The predicted octanol–water partition coefficient (Wildman–Crippen LogP) is 4.69. The van der Waals surface area contributed by atoms with E-state index in [9.17, 15) is 13.9 Å². The van der Waals surface area contributed by atoms with E-state index in [0.29, 0.717) is 11.5 Å². The summed E-state index contributed by atoms with van der Waals surface area (Å²) in [6.07, 6.45) is 1.08. The second kappa shape index (κ2) is 5.26. The van der Waals surface area contributed by atoms with Crippen LogP contribution in [0.5, 0.6) is 0 Å². The maximum absolute atomic E-state index is 14.0. The molecule has 1 fully saturated rings. The molecule has 3 rings (SSSR count). The second-order valence-corrected chi connectivity index (χ2v) is 5.95. The molecule has 1 atom stereocenters. The van der Waals surface area contributed by atoms with Gasteiger partial charge in [-0.2, -0.15) is 0 Å². The summed E-state index contributed by atoms with van der Waals surface area (Å²) in [5, 5.41) is 10.2. The van der Waals surface area contributed by atoms with Gasteiger partial charge in [-0.15, -0.1) is 0 Å². The van der Waals surface area contributed by atoms with E-state index in [4.69, 9.17) is 0 Å². The number of benzene rings is 2. The SMILES string of the molecule is OC(c1ccc(C2CC2)cc1)c1c(F)ccc(Br)c1F. The van der Waals surface area contributed by atoms with E-state index in [1.165, 1.54) is 24.5 Å². The summed E-state index contributed by atoms with van der Waals surface area (Å²) >= 11 is 3.01. The highest BCUT2D eigenvalue weighted by Gasteiger charge is 2.25. The zero-order valence-electron chi connectivity index (χ0n) is 10.6. The quantitative estimate of drug-likeness (QED) is 0.805. The molecule has 1 aliphatic carbocycles. The summed E-state index contributed by atoms with van der Waals surface area (Å²) < 4.78 is 27.9. The zero-order valence-corrected chi connectivity index (χ0v) is 12.2. The third-order valence-corrected chi connectivity index (χ3v) is 4.27. The molecule has 104 valence electrons. The fraction of sp³-hybridized carbons (Fsp3) is 0.250. The Morgan fingerprint density at radius 2 is 1.70 bits per heavy atom. The highest BCUT2D eigenvalue weighted by molar-refractivity contribution is 9.10. The van der Waals surface area contributed by atoms with E-state index < -0.39 is 17.7 Å². The summed E-state index contributed by atoms with van der Waals surface area (Å²) in [5.41, 5.74) is 1.39. The molecule has 2 aromatic carbocycles. The van der Waals surface area contributed by atoms with Crippen LogP contribution >= 0.6 is 15.9 Å². The normalized spacial score (nSPS) is 16.2. The molecule has 20 heavy (non-hydrogen) atoms. The topological polar surface area (TPSA) is 20.2 Å². The van der Waals surface area contributed by atoms with Gasteiger partial charge in [-0.3, -0.25) is 0 Å². The van der Waals surface area contributed by atoms with Crippen LogP contribution in [0, 0.1) is 11.6 Å². The minimum absolute atomic E-state index is 0.141. The average molecular weight is 339 g/mol. The maximum Gasteiger partial charge on any atom is 0.146 e. The zero-order chi connectivity index (χ0) is 14.3. The number of aliphatic hydroxyl groups excluding tert-OH is 1. The Morgan fingerprint density at radius 1 is 1.05 bits per heavy atom. The molecule has 2 aromatic rings. The van der Waals surface area contributed by atoms with Gasteiger partial charge in [0.2, 0.25) is 0 Å². The molecular weight excluding hydrogens is 326 g/mol. The van der Waals surface area contributed by atoms with Crippen molar-refractivity contribution < 1.29 is 13.9 Å². The summed E-state index contributed by atoms with van der Waals surface area (Å²) in [6.45, 7) is 0. The van der Waals surface area contributed by atoms with Crippen molar-refractivity contribution in [3.05, 3.63) is 69.2 Å². The van der Waals surface area contributed by atoms with Crippen LogP contribution in [0.15, 0.2) is 40.9 Å². The van der Waals surface area contributed by atoms with Gasteiger partial charge in [0.1, 0.15) is 17.7 Å². The lowest BCUT2D eigenvalue weighted by Gasteiger charge is -2.14. The fourth-order valence-electron chi connectivity index (χ4n) is 2.33.